The van der Waals surface area contributed by atoms with Gasteiger partial charge in [0.05, 0.1) is 11.5 Å². The fraction of sp³-hybridized carbons (Fsp3) is 0.385. The molecule has 1 aliphatic rings. The first-order valence-electron chi connectivity index (χ1n) is 6.32. The minimum atomic E-state index is -3.05. The van der Waals surface area contributed by atoms with E-state index in [2.05, 4.69) is 5.32 Å². The molecule has 7 nitrogen and oxygen atoms in total. The van der Waals surface area contributed by atoms with Crippen LogP contribution in [0.4, 0.5) is 0 Å². The Kier molecular flexibility index (Phi) is 4.46. The lowest BCUT2D eigenvalue weighted by atomic mass is 10.2. The van der Waals surface area contributed by atoms with Crippen LogP contribution in [0.5, 0.6) is 5.75 Å². The molecule has 1 aromatic rings. The predicted octanol–water partition coefficient (Wildman–Crippen LogP) is 0.0669. The van der Waals surface area contributed by atoms with Gasteiger partial charge in [0, 0.05) is 11.6 Å². The minimum Gasteiger partial charge on any atom is -0.482 e. The fourth-order valence-electron chi connectivity index (χ4n) is 2.05. The number of sulfone groups is 1. The Labute approximate surface area is 121 Å². The Morgan fingerprint density at radius 3 is 2.76 bits per heavy atom. The van der Waals surface area contributed by atoms with Gasteiger partial charge in [-0.3, -0.25) is 4.79 Å². The molecule has 1 atom stereocenters. The summed E-state index contributed by atoms with van der Waals surface area (Å²) in [6.07, 6.45) is 0.406. The second kappa shape index (κ2) is 6.13. The van der Waals surface area contributed by atoms with Crippen LogP contribution in [0, 0.1) is 0 Å². The Balaban J connectivity index is 1.99. The Morgan fingerprint density at radius 2 is 2.14 bits per heavy atom. The SMILES string of the molecule is O=C(O)COc1cccc(C(=O)NC2CCS(=O)(=O)C2)c1. The number of hydrogen-bond donors (Lipinski definition) is 2. The second-order valence-electron chi connectivity index (χ2n) is 4.78. The Bertz CT molecular complexity index is 654. The minimum absolute atomic E-state index is 0.0477. The normalized spacial score (nSPS) is 19.9. The molecule has 0 saturated carbocycles. The molecule has 1 fully saturated rings. The zero-order valence-electron chi connectivity index (χ0n) is 11.1. The van der Waals surface area contributed by atoms with Gasteiger partial charge in [0.25, 0.3) is 5.91 Å². The number of carbonyl (C=O) groups excluding carboxylic acids is 1. The van der Waals surface area contributed by atoms with E-state index in [9.17, 15) is 18.0 Å². The van der Waals surface area contributed by atoms with Crippen LogP contribution < -0.4 is 10.1 Å². The second-order valence-corrected chi connectivity index (χ2v) is 7.01. The highest BCUT2D eigenvalue weighted by molar-refractivity contribution is 7.91. The molecule has 1 amide bonds. The first-order valence-corrected chi connectivity index (χ1v) is 8.14. The number of carboxylic acids is 1. The summed E-state index contributed by atoms with van der Waals surface area (Å²) in [5, 5.41) is 11.2. The van der Waals surface area contributed by atoms with Gasteiger partial charge in [0.15, 0.2) is 16.4 Å². The zero-order valence-corrected chi connectivity index (χ0v) is 11.9. The molecule has 1 aliphatic heterocycles. The molecule has 2 rings (SSSR count). The number of nitrogens with one attached hydrogen (secondary N) is 1. The van der Waals surface area contributed by atoms with E-state index in [0.717, 1.165) is 0 Å². The lowest BCUT2D eigenvalue weighted by molar-refractivity contribution is -0.139. The van der Waals surface area contributed by atoms with Crippen molar-refractivity contribution in [2.75, 3.05) is 18.1 Å². The lowest BCUT2D eigenvalue weighted by Gasteiger charge is -2.11. The summed E-state index contributed by atoms with van der Waals surface area (Å²) in [5.41, 5.74) is 0.294. The standard InChI is InChI=1S/C13H15NO6S/c15-12(16)7-20-11-3-1-2-9(6-11)13(17)14-10-4-5-21(18,19)8-10/h1-3,6,10H,4-5,7-8H2,(H,14,17)(H,15,16). The average Bonchev–Trinajstić information content (AvgIpc) is 2.76. The Morgan fingerprint density at radius 1 is 1.38 bits per heavy atom. The summed E-state index contributed by atoms with van der Waals surface area (Å²) in [4.78, 5) is 22.4. The molecule has 0 spiro atoms. The van der Waals surface area contributed by atoms with E-state index in [1.54, 1.807) is 18.2 Å². The third-order valence-corrected chi connectivity index (χ3v) is 4.79. The molecule has 0 bridgehead atoms. The number of carbonyl (C=O) groups is 2. The van der Waals surface area contributed by atoms with E-state index in [1.807, 2.05) is 0 Å². The number of carboxylic acid groups (broad SMARTS) is 1. The maximum Gasteiger partial charge on any atom is 0.341 e. The molecule has 8 heteroatoms. The molecule has 21 heavy (non-hydrogen) atoms. The first-order chi connectivity index (χ1) is 9.85. The van der Waals surface area contributed by atoms with Crippen LogP contribution in [-0.2, 0) is 14.6 Å². The molecule has 1 heterocycles. The van der Waals surface area contributed by atoms with E-state index in [1.165, 1.54) is 6.07 Å². The van der Waals surface area contributed by atoms with Crippen molar-refractivity contribution in [1.82, 2.24) is 5.32 Å². The van der Waals surface area contributed by atoms with Crippen molar-refractivity contribution < 1.29 is 27.9 Å². The van der Waals surface area contributed by atoms with E-state index >= 15 is 0 Å². The quantitative estimate of drug-likeness (QED) is 0.796. The van der Waals surface area contributed by atoms with E-state index in [-0.39, 0.29) is 23.3 Å². The van der Waals surface area contributed by atoms with Crippen molar-refractivity contribution >= 4 is 21.7 Å². The molecule has 0 aromatic heterocycles. The van der Waals surface area contributed by atoms with Gasteiger partial charge in [-0.05, 0) is 24.6 Å². The van der Waals surface area contributed by atoms with Crippen molar-refractivity contribution in [3.05, 3.63) is 29.8 Å². The summed E-state index contributed by atoms with van der Waals surface area (Å²) in [6.45, 7) is -0.494. The maximum atomic E-state index is 12.0. The van der Waals surface area contributed by atoms with Crippen LogP contribution in [0.3, 0.4) is 0 Å². The van der Waals surface area contributed by atoms with Crippen LogP contribution in [-0.4, -0.2) is 49.6 Å². The van der Waals surface area contributed by atoms with Crippen LogP contribution in [0.1, 0.15) is 16.8 Å². The van der Waals surface area contributed by atoms with Gasteiger partial charge in [-0.2, -0.15) is 0 Å². The fourth-order valence-corrected chi connectivity index (χ4v) is 3.72. The lowest BCUT2D eigenvalue weighted by Crippen LogP contribution is -2.35. The van der Waals surface area contributed by atoms with Gasteiger partial charge < -0.3 is 15.2 Å². The molecule has 1 saturated heterocycles. The Hall–Kier alpha value is -2.09. The average molecular weight is 313 g/mol. The van der Waals surface area contributed by atoms with Gasteiger partial charge in [-0.25, -0.2) is 13.2 Å². The summed E-state index contributed by atoms with van der Waals surface area (Å²) >= 11 is 0. The third kappa shape index (κ3) is 4.45. The van der Waals surface area contributed by atoms with Crippen molar-refractivity contribution in [3.63, 3.8) is 0 Å². The van der Waals surface area contributed by atoms with Crippen LogP contribution in [0.25, 0.3) is 0 Å². The number of benzene rings is 1. The van der Waals surface area contributed by atoms with Crippen molar-refractivity contribution in [2.24, 2.45) is 0 Å². The van der Waals surface area contributed by atoms with E-state index in [0.29, 0.717) is 12.0 Å². The number of hydrogen-bond acceptors (Lipinski definition) is 5. The highest BCUT2D eigenvalue weighted by Gasteiger charge is 2.29. The molecule has 0 aliphatic carbocycles. The summed E-state index contributed by atoms with van der Waals surface area (Å²) < 4.78 is 27.7. The predicted molar refractivity (Wildman–Crippen MR) is 74.1 cm³/mol. The van der Waals surface area contributed by atoms with E-state index < -0.39 is 28.3 Å². The van der Waals surface area contributed by atoms with Gasteiger partial charge in [-0.1, -0.05) is 6.07 Å². The topological polar surface area (TPSA) is 110 Å². The van der Waals surface area contributed by atoms with Crippen LogP contribution >= 0.6 is 0 Å². The molecular weight excluding hydrogens is 298 g/mol. The number of rotatable bonds is 5. The smallest absolute Gasteiger partial charge is 0.341 e. The number of ether oxygens (including phenoxy) is 1. The first kappa shape index (κ1) is 15.3. The van der Waals surface area contributed by atoms with Gasteiger partial charge >= 0.3 is 5.97 Å². The highest BCUT2D eigenvalue weighted by Crippen LogP contribution is 2.15. The van der Waals surface area contributed by atoms with E-state index in [4.69, 9.17) is 9.84 Å². The molecule has 1 aromatic carbocycles. The summed E-state index contributed by atoms with van der Waals surface area (Å²) in [5.74, 6) is -1.21. The summed E-state index contributed by atoms with van der Waals surface area (Å²) in [6, 6.07) is 5.69. The van der Waals surface area contributed by atoms with Crippen molar-refractivity contribution in [3.8, 4) is 5.75 Å². The molecule has 0 radical (unpaired) electrons. The number of aliphatic carboxylic acids is 1. The maximum absolute atomic E-state index is 12.0. The largest absolute Gasteiger partial charge is 0.482 e. The van der Waals surface area contributed by atoms with Gasteiger partial charge in [0.1, 0.15) is 5.75 Å². The summed E-state index contributed by atoms with van der Waals surface area (Å²) in [7, 11) is -3.05. The molecular formula is C13H15NO6S. The van der Waals surface area contributed by atoms with Gasteiger partial charge in [-0.15, -0.1) is 0 Å². The van der Waals surface area contributed by atoms with Crippen LogP contribution in [0.2, 0.25) is 0 Å². The van der Waals surface area contributed by atoms with Crippen molar-refractivity contribution in [1.29, 1.82) is 0 Å². The monoisotopic (exact) mass is 313 g/mol. The van der Waals surface area contributed by atoms with Gasteiger partial charge in [0.2, 0.25) is 0 Å². The third-order valence-electron chi connectivity index (χ3n) is 3.03. The van der Waals surface area contributed by atoms with Crippen molar-refractivity contribution in [2.45, 2.75) is 12.5 Å². The number of amides is 1. The molecule has 2 N–H and O–H groups in total. The molecule has 1 unspecified atom stereocenters. The zero-order chi connectivity index (χ0) is 15.5. The van der Waals surface area contributed by atoms with Crippen LogP contribution in [0.15, 0.2) is 24.3 Å². The molecule has 114 valence electrons. The highest BCUT2D eigenvalue weighted by atomic mass is 32.2.